The molecule has 0 saturated heterocycles. The maximum Gasteiger partial charge on any atom is 0.342 e. The molecule has 0 heterocycles. The summed E-state index contributed by atoms with van der Waals surface area (Å²) in [5.74, 6) is -0.128. The fraction of sp³-hybridized carbons (Fsp3) is 0.364. The van der Waals surface area contributed by atoms with E-state index in [2.05, 4.69) is 31.9 Å². The van der Waals surface area contributed by atoms with Crippen LogP contribution in [0, 0.1) is 0 Å². The second kappa shape index (κ2) is 6.61. The molecule has 0 aliphatic rings. The number of carbonyl (C=O) groups is 1. The minimum atomic E-state index is -0.453. The molecule has 0 atom stereocenters. The van der Waals surface area contributed by atoms with Crippen LogP contribution in [0.5, 0.6) is 5.75 Å². The quantitative estimate of drug-likeness (QED) is 0.571. The number of hydrogen-bond acceptors (Lipinski definition) is 3. The molecule has 3 nitrogen and oxygen atoms in total. The van der Waals surface area contributed by atoms with Gasteiger partial charge in [-0.05, 0) is 18.6 Å². The second-order valence-electron chi connectivity index (χ2n) is 3.07. The van der Waals surface area contributed by atoms with Gasteiger partial charge in [-0.2, -0.15) is 0 Å². The average Bonchev–Trinajstić information content (AvgIpc) is 2.28. The van der Waals surface area contributed by atoms with Gasteiger partial charge >= 0.3 is 5.97 Å². The van der Waals surface area contributed by atoms with E-state index in [-0.39, 0.29) is 3.74 Å². The maximum absolute atomic E-state index is 11.9. The second-order valence-corrected chi connectivity index (χ2v) is 6.53. The van der Waals surface area contributed by atoms with Crippen molar-refractivity contribution in [2.24, 2.45) is 0 Å². The lowest BCUT2D eigenvalue weighted by Crippen LogP contribution is -2.10. The Morgan fingerprint density at radius 2 is 2.12 bits per heavy atom. The van der Waals surface area contributed by atoms with Crippen LogP contribution in [0.3, 0.4) is 0 Å². The van der Waals surface area contributed by atoms with Crippen molar-refractivity contribution in [3.63, 3.8) is 0 Å². The first kappa shape index (κ1) is 14.8. The van der Waals surface area contributed by atoms with Gasteiger partial charge in [-0.3, -0.25) is 0 Å². The van der Waals surface area contributed by atoms with E-state index in [0.29, 0.717) is 28.5 Å². The first-order valence-electron chi connectivity index (χ1n) is 4.84. The molecule has 0 aromatic heterocycles. The molecular weight excluding hydrogens is 375 g/mol. The molecule has 1 rings (SSSR count). The smallest absolute Gasteiger partial charge is 0.342 e. The van der Waals surface area contributed by atoms with Gasteiger partial charge in [0.05, 0.1) is 22.5 Å². The third kappa shape index (κ3) is 3.36. The monoisotopic (exact) mass is 384 g/mol. The molecule has 1 aromatic rings. The van der Waals surface area contributed by atoms with E-state index in [0.717, 1.165) is 0 Å². The zero-order valence-electron chi connectivity index (χ0n) is 9.30. The van der Waals surface area contributed by atoms with E-state index in [1.54, 1.807) is 19.1 Å². The largest absolute Gasteiger partial charge is 0.494 e. The number of alkyl halides is 2. The van der Waals surface area contributed by atoms with Crippen LogP contribution in [0.2, 0.25) is 5.02 Å². The maximum atomic E-state index is 11.9. The summed E-state index contributed by atoms with van der Waals surface area (Å²) in [6, 6.07) is 3.42. The summed E-state index contributed by atoms with van der Waals surface area (Å²) >= 11 is 12.7. The Kier molecular flexibility index (Phi) is 5.76. The SMILES string of the molecule is CCOC(=O)c1c(C(Br)Br)ccc(Cl)c1OC. The molecule has 0 N–H and O–H groups in total. The summed E-state index contributed by atoms with van der Waals surface area (Å²) in [4.78, 5) is 11.9. The highest BCUT2D eigenvalue weighted by molar-refractivity contribution is 9.24. The minimum absolute atomic E-state index is 0.180. The Bertz CT molecular complexity index is 421. The molecule has 0 aliphatic heterocycles. The molecule has 0 bridgehead atoms. The fourth-order valence-electron chi connectivity index (χ4n) is 1.37. The molecule has 0 saturated carbocycles. The third-order valence-electron chi connectivity index (χ3n) is 2.06. The molecule has 0 amide bonds. The van der Waals surface area contributed by atoms with Crippen LogP contribution in [-0.2, 0) is 4.74 Å². The first-order valence-corrected chi connectivity index (χ1v) is 7.05. The molecule has 0 unspecified atom stereocenters. The van der Waals surface area contributed by atoms with Crippen molar-refractivity contribution in [2.45, 2.75) is 10.7 Å². The normalized spacial score (nSPS) is 10.5. The highest BCUT2D eigenvalue weighted by Crippen LogP contribution is 2.39. The van der Waals surface area contributed by atoms with Gasteiger partial charge in [-0.15, -0.1) is 0 Å². The zero-order chi connectivity index (χ0) is 13.0. The van der Waals surface area contributed by atoms with Gasteiger partial charge in [0.2, 0.25) is 0 Å². The van der Waals surface area contributed by atoms with E-state index >= 15 is 0 Å². The number of benzene rings is 1. The van der Waals surface area contributed by atoms with Gasteiger partial charge in [-0.25, -0.2) is 4.79 Å². The number of methoxy groups -OCH3 is 1. The average molecular weight is 386 g/mol. The van der Waals surface area contributed by atoms with Gasteiger partial charge in [0, 0.05) is 0 Å². The summed E-state index contributed by atoms with van der Waals surface area (Å²) in [5.41, 5.74) is 1.05. The number of rotatable bonds is 4. The van der Waals surface area contributed by atoms with Crippen LogP contribution in [0.4, 0.5) is 0 Å². The lowest BCUT2D eigenvalue weighted by atomic mass is 10.1. The molecule has 0 aliphatic carbocycles. The summed E-state index contributed by atoms with van der Waals surface area (Å²) in [6.45, 7) is 2.04. The van der Waals surface area contributed by atoms with Crippen LogP contribution >= 0.6 is 43.5 Å². The van der Waals surface area contributed by atoms with Crippen molar-refractivity contribution in [1.29, 1.82) is 0 Å². The van der Waals surface area contributed by atoms with Crippen LogP contribution in [0.1, 0.15) is 26.6 Å². The Labute approximate surface area is 122 Å². The Morgan fingerprint density at radius 1 is 1.47 bits per heavy atom. The summed E-state index contributed by atoms with van der Waals surface area (Å²) < 4.78 is 9.98. The Morgan fingerprint density at radius 3 is 2.59 bits per heavy atom. The lowest BCUT2D eigenvalue weighted by Gasteiger charge is -2.14. The molecule has 0 radical (unpaired) electrons. The molecule has 0 spiro atoms. The number of hydrogen-bond donors (Lipinski definition) is 0. The zero-order valence-corrected chi connectivity index (χ0v) is 13.2. The van der Waals surface area contributed by atoms with Gasteiger partial charge in [0.25, 0.3) is 0 Å². The lowest BCUT2D eigenvalue weighted by molar-refractivity contribution is 0.0521. The molecule has 94 valence electrons. The molecule has 1 aromatic carbocycles. The minimum Gasteiger partial charge on any atom is -0.494 e. The summed E-state index contributed by atoms with van der Waals surface area (Å²) in [5, 5.41) is 0.375. The Hall–Kier alpha value is -0.260. The van der Waals surface area contributed by atoms with Gasteiger partial charge in [0.15, 0.2) is 5.75 Å². The fourth-order valence-corrected chi connectivity index (χ4v) is 2.37. The van der Waals surface area contributed by atoms with Gasteiger partial charge in [0.1, 0.15) is 5.56 Å². The van der Waals surface area contributed by atoms with Crippen LogP contribution in [-0.4, -0.2) is 19.7 Å². The highest BCUT2D eigenvalue weighted by Gasteiger charge is 2.23. The predicted molar refractivity (Wildman–Crippen MR) is 74.6 cm³/mol. The van der Waals surface area contributed by atoms with Gasteiger partial charge < -0.3 is 9.47 Å². The predicted octanol–water partition coefficient (Wildman–Crippen LogP) is 4.31. The van der Waals surface area contributed by atoms with E-state index < -0.39 is 5.97 Å². The molecule has 0 fully saturated rings. The number of ether oxygens (including phenoxy) is 2. The van der Waals surface area contributed by atoms with E-state index in [1.165, 1.54) is 7.11 Å². The van der Waals surface area contributed by atoms with Crippen molar-refractivity contribution >= 4 is 49.4 Å². The topological polar surface area (TPSA) is 35.5 Å². The van der Waals surface area contributed by atoms with Crippen molar-refractivity contribution in [2.75, 3.05) is 13.7 Å². The van der Waals surface area contributed by atoms with Crippen molar-refractivity contribution in [1.82, 2.24) is 0 Å². The van der Waals surface area contributed by atoms with E-state index in [9.17, 15) is 4.79 Å². The number of halogens is 3. The van der Waals surface area contributed by atoms with Crippen LogP contribution in [0.25, 0.3) is 0 Å². The number of esters is 1. The molecular formula is C11H11Br2ClO3. The third-order valence-corrected chi connectivity index (χ3v) is 3.34. The molecule has 17 heavy (non-hydrogen) atoms. The van der Waals surface area contributed by atoms with Crippen LogP contribution < -0.4 is 4.74 Å². The highest BCUT2D eigenvalue weighted by atomic mass is 79.9. The Balaban J connectivity index is 3.38. The van der Waals surface area contributed by atoms with Gasteiger partial charge in [-0.1, -0.05) is 49.5 Å². The van der Waals surface area contributed by atoms with E-state index in [4.69, 9.17) is 21.1 Å². The summed E-state index contributed by atoms with van der Waals surface area (Å²) in [6.07, 6.45) is 0. The van der Waals surface area contributed by atoms with Crippen LogP contribution in [0.15, 0.2) is 12.1 Å². The number of carbonyl (C=O) groups excluding carboxylic acids is 1. The standard InChI is InChI=1S/C11H11Br2ClO3/c1-3-17-11(15)8-6(10(12)13)4-5-7(14)9(8)16-2/h4-5,10H,3H2,1-2H3. The van der Waals surface area contributed by atoms with E-state index in [1.807, 2.05) is 0 Å². The first-order chi connectivity index (χ1) is 8.02. The van der Waals surface area contributed by atoms with Crippen molar-refractivity contribution in [3.05, 3.63) is 28.3 Å². The molecule has 6 heteroatoms. The summed E-state index contributed by atoms with van der Waals surface area (Å²) in [7, 11) is 1.46. The van der Waals surface area contributed by atoms with Crippen molar-refractivity contribution in [3.8, 4) is 5.75 Å². The van der Waals surface area contributed by atoms with Crippen molar-refractivity contribution < 1.29 is 14.3 Å².